The van der Waals surface area contributed by atoms with E-state index in [9.17, 15) is 9.50 Å². The van der Waals surface area contributed by atoms with E-state index < -0.39 is 6.10 Å². The van der Waals surface area contributed by atoms with Gasteiger partial charge in [0.1, 0.15) is 11.6 Å². The van der Waals surface area contributed by atoms with Gasteiger partial charge < -0.3 is 15.6 Å². The number of halogens is 1. The van der Waals surface area contributed by atoms with Crippen molar-refractivity contribution in [3.8, 4) is 5.75 Å². The highest BCUT2D eigenvalue weighted by Crippen LogP contribution is 2.31. The van der Waals surface area contributed by atoms with Crippen LogP contribution in [0.2, 0.25) is 0 Å². The molecule has 0 aromatic heterocycles. The van der Waals surface area contributed by atoms with Gasteiger partial charge in [0.25, 0.3) is 0 Å². The molecule has 0 fully saturated rings. The summed E-state index contributed by atoms with van der Waals surface area (Å²) in [5.74, 6) is 0.150. The number of ether oxygens (including phenoxy) is 1. The minimum atomic E-state index is -0.778. The molecule has 0 aliphatic heterocycles. The summed E-state index contributed by atoms with van der Waals surface area (Å²) in [7, 11) is 1.50. The van der Waals surface area contributed by atoms with Gasteiger partial charge in [0, 0.05) is 5.56 Å². The van der Waals surface area contributed by atoms with Gasteiger partial charge in [0.15, 0.2) is 0 Å². The average Bonchev–Trinajstić information content (AvgIpc) is 2.17. The zero-order valence-corrected chi connectivity index (χ0v) is 8.96. The number of hydrogen-bond acceptors (Lipinski definition) is 3. The predicted octanol–water partition coefficient (Wildman–Crippen LogP) is 1.52. The van der Waals surface area contributed by atoms with Crippen molar-refractivity contribution in [1.29, 1.82) is 0 Å². The molecule has 0 heterocycles. The summed E-state index contributed by atoms with van der Waals surface area (Å²) < 4.78 is 18.3. The fourth-order valence-corrected chi connectivity index (χ4v) is 1.60. The maximum Gasteiger partial charge on any atom is 0.127 e. The van der Waals surface area contributed by atoms with Crippen LogP contribution < -0.4 is 10.5 Å². The van der Waals surface area contributed by atoms with Gasteiger partial charge in [0.2, 0.25) is 0 Å². The van der Waals surface area contributed by atoms with E-state index in [1.54, 1.807) is 6.92 Å². The van der Waals surface area contributed by atoms with Crippen molar-refractivity contribution in [1.82, 2.24) is 0 Å². The third-order valence-electron chi connectivity index (χ3n) is 2.27. The Balaban J connectivity index is 3.13. The number of aryl methyl sites for hydroxylation is 1. The second kappa shape index (κ2) is 5.09. The molecule has 0 aliphatic carbocycles. The van der Waals surface area contributed by atoms with Crippen LogP contribution >= 0.6 is 0 Å². The van der Waals surface area contributed by atoms with E-state index in [2.05, 4.69) is 0 Å². The highest BCUT2D eigenvalue weighted by molar-refractivity contribution is 5.42. The van der Waals surface area contributed by atoms with Crippen molar-refractivity contribution < 1.29 is 14.2 Å². The Morgan fingerprint density at radius 2 is 2.20 bits per heavy atom. The lowest BCUT2D eigenvalue weighted by molar-refractivity contribution is 0.165. The smallest absolute Gasteiger partial charge is 0.127 e. The van der Waals surface area contributed by atoms with Crippen LogP contribution in [-0.2, 0) is 0 Å². The SMILES string of the molecule is COc1c(C)cc(F)cc1C(O)CCN. The van der Waals surface area contributed by atoms with Gasteiger partial charge in [-0.1, -0.05) is 0 Å². The summed E-state index contributed by atoms with van der Waals surface area (Å²) in [4.78, 5) is 0. The molecule has 0 radical (unpaired) electrons. The lowest BCUT2D eigenvalue weighted by atomic mass is 10.0. The molecule has 0 spiro atoms. The molecule has 0 saturated heterocycles. The number of nitrogens with two attached hydrogens (primary N) is 1. The van der Waals surface area contributed by atoms with E-state index in [0.717, 1.165) is 0 Å². The first kappa shape index (κ1) is 11.9. The molecular formula is C11H16FNO2. The molecule has 1 aromatic carbocycles. The van der Waals surface area contributed by atoms with Gasteiger partial charge >= 0.3 is 0 Å². The Hall–Kier alpha value is -1.13. The number of hydrogen-bond donors (Lipinski definition) is 2. The van der Waals surface area contributed by atoms with Crippen molar-refractivity contribution in [2.45, 2.75) is 19.4 Å². The summed E-state index contributed by atoms with van der Waals surface area (Å²) in [6.07, 6.45) is -0.390. The zero-order chi connectivity index (χ0) is 11.4. The molecule has 1 atom stereocenters. The molecule has 0 amide bonds. The summed E-state index contributed by atoms with van der Waals surface area (Å²) in [6.45, 7) is 2.08. The van der Waals surface area contributed by atoms with Crippen LogP contribution in [0.25, 0.3) is 0 Å². The average molecular weight is 213 g/mol. The molecule has 84 valence electrons. The van der Waals surface area contributed by atoms with Crippen LogP contribution in [0.1, 0.15) is 23.7 Å². The second-order valence-corrected chi connectivity index (χ2v) is 3.44. The predicted molar refractivity (Wildman–Crippen MR) is 56.3 cm³/mol. The van der Waals surface area contributed by atoms with Gasteiger partial charge in [-0.15, -0.1) is 0 Å². The molecule has 0 aliphatic rings. The highest BCUT2D eigenvalue weighted by Gasteiger charge is 2.15. The monoisotopic (exact) mass is 213 g/mol. The van der Waals surface area contributed by atoms with Crippen LogP contribution in [0, 0.1) is 12.7 Å². The minimum Gasteiger partial charge on any atom is -0.496 e. The number of aliphatic hydroxyl groups excluding tert-OH is 1. The Bertz CT molecular complexity index is 342. The number of rotatable bonds is 4. The first-order chi connectivity index (χ1) is 7.10. The first-order valence-corrected chi connectivity index (χ1v) is 4.82. The van der Waals surface area contributed by atoms with Crippen LogP contribution in [0.3, 0.4) is 0 Å². The van der Waals surface area contributed by atoms with Gasteiger partial charge in [-0.2, -0.15) is 0 Å². The number of aliphatic hydroxyl groups is 1. The third-order valence-corrected chi connectivity index (χ3v) is 2.27. The Morgan fingerprint density at radius 3 is 2.73 bits per heavy atom. The molecule has 1 rings (SSSR count). The summed E-state index contributed by atoms with van der Waals surface area (Å²) >= 11 is 0. The van der Waals surface area contributed by atoms with Crippen molar-refractivity contribution >= 4 is 0 Å². The van der Waals surface area contributed by atoms with Gasteiger partial charge in [0.05, 0.1) is 13.2 Å². The normalized spacial score (nSPS) is 12.6. The Labute approximate surface area is 88.7 Å². The van der Waals surface area contributed by atoms with Crippen LogP contribution in [0.4, 0.5) is 4.39 Å². The molecule has 1 unspecified atom stereocenters. The molecule has 3 nitrogen and oxygen atoms in total. The Morgan fingerprint density at radius 1 is 1.53 bits per heavy atom. The van der Waals surface area contributed by atoms with Crippen molar-refractivity contribution in [3.63, 3.8) is 0 Å². The van der Waals surface area contributed by atoms with E-state index in [1.807, 2.05) is 0 Å². The molecular weight excluding hydrogens is 197 g/mol. The Kier molecular flexibility index (Phi) is 4.05. The minimum absolute atomic E-state index is 0.347. The molecule has 4 heteroatoms. The van der Waals surface area contributed by atoms with Gasteiger partial charge in [-0.25, -0.2) is 4.39 Å². The summed E-state index contributed by atoms with van der Waals surface area (Å²) in [6, 6.07) is 2.66. The third kappa shape index (κ3) is 2.67. The molecule has 15 heavy (non-hydrogen) atoms. The molecule has 3 N–H and O–H groups in total. The topological polar surface area (TPSA) is 55.5 Å². The maximum absolute atomic E-state index is 13.1. The molecule has 0 saturated carbocycles. The largest absolute Gasteiger partial charge is 0.496 e. The van der Waals surface area contributed by atoms with Crippen LogP contribution in [0.15, 0.2) is 12.1 Å². The van der Waals surface area contributed by atoms with E-state index >= 15 is 0 Å². The van der Waals surface area contributed by atoms with Gasteiger partial charge in [-0.3, -0.25) is 0 Å². The fourth-order valence-electron chi connectivity index (χ4n) is 1.60. The zero-order valence-electron chi connectivity index (χ0n) is 8.96. The lowest BCUT2D eigenvalue weighted by Crippen LogP contribution is -2.09. The van der Waals surface area contributed by atoms with E-state index in [-0.39, 0.29) is 5.82 Å². The second-order valence-electron chi connectivity index (χ2n) is 3.44. The summed E-state index contributed by atoms with van der Waals surface area (Å²) in [5.41, 5.74) is 6.47. The number of benzene rings is 1. The van der Waals surface area contributed by atoms with E-state index in [1.165, 1.54) is 19.2 Å². The summed E-state index contributed by atoms with van der Waals surface area (Å²) in [5, 5.41) is 9.75. The molecule has 0 bridgehead atoms. The first-order valence-electron chi connectivity index (χ1n) is 4.82. The maximum atomic E-state index is 13.1. The lowest BCUT2D eigenvalue weighted by Gasteiger charge is -2.16. The number of methoxy groups -OCH3 is 1. The molecule has 1 aromatic rings. The van der Waals surface area contributed by atoms with Crippen molar-refractivity contribution in [2.24, 2.45) is 5.73 Å². The van der Waals surface area contributed by atoms with E-state index in [4.69, 9.17) is 10.5 Å². The van der Waals surface area contributed by atoms with Crippen molar-refractivity contribution in [2.75, 3.05) is 13.7 Å². The van der Waals surface area contributed by atoms with E-state index in [0.29, 0.717) is 29.8 Å². The van der Waals surface area contributed by atoms with Crippen LogP contribution in [-0.4, -0.2) is 18.8 Å². The van der Waals surface area contributed by atoms with Gasteiger partial charge in [-0.05, 0) is 37.6 Å². The highest BCUT2D eigenvalue weighted by atomic mass is 19.1. The fraction of sp³-hybridized carbons (Fsp3) is 0.455. The van der Waals surface area contributed by atoms with Crippen molar-refractivity contribution in [3.05, 3.63) is 29.1 Å². The van der Waals surface area contributed by atoms with Crippen LogP contribution in [0.5, 0.6) is 5.75 Å². The quantitative estimate of drug-likeness (QED) is 0.797. The standard InChI is InChI=1S/C11H16FNO2/c1-7-5-8(12)6-9(11(7)15-2)10(14)3-4-13/h5-6,10,14H,3-4,13H2,1-2H3.